The van der Waals surface area contributed by atoms with Crippen molar-refractivity contribution in [3.05, 3.63) is 81.2 Å². The Kier molecular flexibility index (Phi) is 4.89. The number of pyridine rings is 1. The average Bonchev–Trinajstić information content (AvgIpc) is 3.60. The molecule has 0 radical (unpaired) electrons. The third-order valence-electron chi connectivity index (χ3n) is 5.85. The van der Waals surface area contributed by atoms with Crippen LogP contribution in [0, 0.1) is 0 Å². The summed E-state index contributed by atoms with van der Waals surface area (Å²) in [4.78, 5) is 26.6. The van der Waals surface area contributed by atoms with Crippen LogP contribution in [0.25, 0.3) is 11.3 Å². The maximum absolute atomic E-state index is 13.0. The number of rotatable bonds is 4. The lowest BCUT2D eigenvalue weighted by Gasteiger charge is -2.27. The molecule has 0 saturated heterocycles. The highest BCUT2D eigenvalue weighted by molar-refractivity contribution is 5.60. The van der Waals surface area contributed by atoms with Gasteiger partial charge in [0.15, 0.2) is 0 Å². The molecule has 1 fully saturated rings. The zero-order valence-electron chi connectivity index (χ0n) is 16.7. The molecule has 31 heavy (non-hydrogen) atoms. The fourth-order valence-corrected chi connectivity index (χ4v) is 3.99. The SMILES string of the molecule is O=c1[nH]c(C2CC2)nc2c1CN(Cc1ccc(-c3cccc(C(F)(F)F)c3)nc1)CC2. The molecular weight excluding hydrogens is 405 g/mol. The second kappa shape index (κ2) is 7.60. The minimum atomic E-state index is -4.38. The molecule has 1 aromatic carbocycles. The van der Waals surface area contributed by atoms with Crippen molar-refractivity contribution in [2.24, 2.45) is 0 Å². The van der Waals surface area contributed by atoms with Crippen LogP contribution in [-0.2, 0) is 25.7 Å². The van der Waals surface area contributed by atoms with E-state index in [1.165, 1.54) is 6.07 Å². The highest BCUT2D eigenvalue weighted by Gasteiger charge is 2.31. The molecule has 1 saturated carbocycles. The van der Waals surface area contributed by atoms with Crippen molar-refractivity contribution >= 4 is 0 Å². The zero-order chi connectivity index (χ0) is 21.6. The van der Waals surface area contributed by atoms with E-state index in [2.05, 4.69) is 19.9 Å². The van der Waals surface area contributed by atoms with Gasteiger partial charge in [0.05, 0.1) is 22.5 Å². The standard InChI is InChI=1S/C23H21F3N4O/c24-23(25,26)17-3-1-2-16(10-17)19-7-4-14(11-27-19)12-30-9-8-20-18(13-30)22(31)29-21(28-20)15-5-6-15/h1-4,7,10-11,15H,5-6,8-9,12-13H2,(H,28,29,31). The van der Waals surface area contributed by atoms with Crippen molar-refractivity contribution in [2.45, 2.75) is 44.4 Å². The third-order valence-corrected chi connectivity index (χ3v) is 5.85. The Morgan fingerprint density at radius 1 is 1.16 bits per heavy atom. The van der Waals surface area contributed by atoms with Crippen LogP contribution in [0.1, 0.15) is 47.0 Å². The van der Waals surface area contributed by atoms with Crippen LogP contribution in [0.3, 0.4) is 0 Å². The van der Waals surface area contributed by atoms with Crippen molar-refractivity contribution in [3.63, 3.8) is 0 Å². The summed E-state index contributed by atoms with van der Waals surface area (Å²) < 4.78 is 38.9. The normalized spacial score (nSPS) is 16.9. The Balaban J connectivity index is 1.29. The number of nitrogens with zero attached hydrogens (tertiary/aromatic N) is 3. The van der Waals surface area contributed by atoms with Crippen molar-refractivity contribution < 1.29 is 13.2 Å². The second-order valence-electron chi connectivity index (χ2n) is 8.24. The number of benzene rings is 1. The van der Waals surface area contributed by atoms with E-state index in [1.54, 1.807) is 18.3 Å². The summed E-state index contributed by atoms with van der Waals surface area (Å²) in [6.45, 7) is 1.93. The topological polar surface area (TPSA) is 61.9 Å². The van der Waals surface area contributed by atoms with Gasteiger partial charge in [0, 0.05) is 43.7 Å². The van der Waals surface area contributed by atoms with Gasteiger partial charge in [-0.25, -0.2) is 4.98 Å². The van der Waals surface area contributed by atoms with Gasteiger partial charge in [-0.1, -0.05) is 18.2 Å². The first-order valence-electron chi connectivity index (χ1n) is 10.3. The molecule has 5 nitrogen and oxygen atoms in total. The third kappa shape index (κ3) is 4.25. The van der Waals surface area contributed by atoms with E-state index in [0.717, 1.165) is 60.6 Å². The lowest BCUT2D eigenvalue weighted by atomic mass is 10.0. The van der Waals surface area contributed by atoms with Crippen LogP contribution in [0.15, 0.2) is 47.4 Å². The molecule has 3 heterocycles. The van der Waals surface area contributed by atoms with Gasteiger partial charge in [0.2, 0.25) is 0 Å². The molecule has 8 heteroatoms. The molecule has 0 atom stereocenters. The molecule has 0 bridgehead atoms. The minimum Gasteiger partial charge on any atom is -0.310 e. The number of H-pyrrole nitrogens is 1. The van der Waals surface area contributed by atoms with E-state index in [4.69, 9.17) is 0 Å². The number of hydrogen-bond donors (Lipinski definition) is 1. The van der Waals surface area contributed by atoms with E-state index in [-0.39, 0.29) is 5.56 Å². The van der Waals surface area contributed by atoms with Crippen LogP contribution in [0.4, 0.5) is 13.2 Å². The Hall–Kier alpha value is -3.00. The molecule has 160 valence electrons. The van der Waals surface area contributed by atoms with Crippen molar-refractivity contribution in [1.82, 2.24) is 19.9 Å². The lowest BCUT2D eigenvalue weighted by molar-refractivity contribution is -0.137. The molecule has 1 N–H and O–H groups in total. The largest absolute Gasteiger partial charge is 0.416 e. The zero-order valence-corrected chi connectivity index (χ0v) is 16.7. The quantitative estimate of drug-likeness (QED) is 0.676. The van der Waals surface area contributed by atoms with Crippen molar-refractivity contribution in [1.29, 1.82) is 0 Å². The van der Waals surface area contributed by atoms with Gasteiger partial charge in [0.25, 0.3) is 5.56 Å². The predicted octanol–water partition coefficient (Wildman–Crippen LogP) is 4.29. The number of nitrogens with one attached hydrogen (secondary N) is 1. The molecule has 3 aromatic rings. The molecular formula is C23H21F3N4O. The molecule has 2 aromatic heterocycles. The summed E-state index contributed by atoms with van der Waals surface area (Å²) in [7, 11) is 0. The van der Waals surface area contributed by atoms with Gasteiger partial charge in [0.1, 0.15) is 5.82 Å². The number of halogens is 3. The molecule has 2 aliphatic rings. The fraction of sp³-hybridized carbons (Fsp3) is 0.348. The first-order chi connectivity index (χ1) is 14.9. The summed E-state index contributed by atoms with van der Waals surface area (Å²) in [5, 5.41) is 0. The van der Waals surface area contributed by atoms with Crippen LogP contribution < -0.4 is 5.56 Å². The summed E-state index contributed by atoms with van der Waals surface area (Å²) in [6.07, 6.45) is 0.222. The highest BCUT2D eigenvalue weighted by Crippen LogP contribution is 2.38. The number of fused-ring (bicyclic) bond motifs is 1. The Bertz CT molecular complexity index is 1170. The Labute approximate surface area is 177 Å². The number of alkyl halides is 3. The highest BCUT2D eigenvalue weighted by atomic mass is 19.4. The Morgan fingerprint density at radius 3 is 2.71 bits per heavy atom. The summed E-state index contributed by atoms with van der Waals surface area (Å²) >= 11 is 0. The lowest BCUT2D eigenvalue weighted by Crippen LogP contribution is -2.35. The molecule has 0 amide bonds. The molecule has 0 unspecified atom stereocenters. The van der Waals surface area contributed by atoms with E-state index < -0.39 is 11.7 Å². The smallest absolute Gasteiger partial charge is 0.310 e. The average molecular weight is 426 g/mol. The second-order valence-corrected chi connectivity index (χ2v) is 8.24. The fourth-order valence-electron chi connectivity index (χ4n) is 3.99. The molecule has 1 aliphatic carbocycles. The summed E-state index contributed by atoms with van der Waals surface area (Å²) in [6, 6.07) is 8.78. The van der Waals surface area contributed by atoms with E-state index in [0.29, 0.717) is 30.3 Å². The molecule has 0 spiro atoms. The van der Waals surface area contributed by atoms with Crippen LogP contribution in [0.5, 0.6) is 0 Å². The predicted molar refractivity (Wildman–Crippen MR) is 109 cm³/mol. The van der Waals surface area contributed by atoms with E-state index >= 15 is 0 Å². The van der Waals surface area contributed by atoms with Crippen LogP contribution in [-0.4, -0.2) is 26.4 Å². The van der Waals surface area contributed by atoms with Gasteiger partial charge in [-0.15, -0.1) is 0 Å². The number of hydrogen-bond acceptors (Lipinski definition) is 4. The minimum absolute atomic E-state index is 0.0466. The van der Waals surface area contributed by atoms with Crippen molar-refractivity contribution in [3.8, 4) is 11.3 Å². The number of aromatic amines is 1. The van der Waals surface area contributed by atoms with Gasteiger partial charge in [-0.3, -0.25) is 14.7 Å². The molecule has 1 aliphatic heterocycles. The number of aromatic nitrogens is 3. The monoisotopic (exact) mass is 426 g/mol. The summed E-state index contributed by atoms with van der Waals surface area (Å²) in [5.74, 6) is 1.24. The maximum atomic E-state index is 13.0. The van der Waals surface area contributed by atoms with Gasteiger partial charge in [-0.2, -0.15) is 13.2 Å². The Morgan fingerprint density at radius 2 is 2.00 bits per heavy atom. The van der Waals surface area contributed by atoms with Crippen LogP contribution >= 0.6 is 0 Å². The van der Waals surface area contributed by atoms with Crippen LogP contribution in [0.2, 0.25) is 0 Å². The molecule has 5 rings (SSSR count). The first-order valence-corrected chi connectivity index (χ1v) is 10.3. The van der Waals surface area contributed by atoms with Gasteiger partial charge in [-0.05, 0) is 36.6 Å². The van der Waals surface area contributed by atoms with E-state index in [1.807, 2.05) is 6.07 Å². The maximum Gasteiger partial charge on any atom is 0.416 e. The van der Waals surface area contributed by atoms with Crippen molar-refractivity contribution in [2.75, 3.05) is 6.54 Å². The van der Waals surface area contributed by atoms with E-state index in [9.17, 15) is 18.0 Å². The first kappa shape index (κ1) is 19.9. The van der Waals surface area contributed by atoms with Gasteiger partial charge >= 0.3 is 6.18 Å². The summed E-state index contributed by atoms with van der Waals surface area (Å²) in [5.41, 5.74) is 2.76. The van der Waals surface area contributed by atoms with Gasteiger partial charge < -0.3 is 4.98 Å².